The van der Waals surface area contributed by atoms with E-state index in [-0.39, 0.29) is 0 Å². The van der Waals surface area contributed by atoms with Crippen LogP contribution in [0.15, 0.2) is 12.4 Å². The number of nitrogen functional groups attached to an aromatic ring is 1. The lowest BCUT2D eigenvalue weighted by atomic mass is 10.3. The van der Waals surface area contributed by atoms with E-state index in [9.17, 15) is 4.39 Å². The number of hydrogen-bond donors (Lipinski definition) is 1. The fourth-order valence-electron chi connectivity index (χ4n) is 1.42. The van der Waals surface area contributed by atoms with Crippen molar-refractivity contribution in [1.29, 1.82) is 0 Å². The predicted octanol–water partition coefficient (Wildman–Crippen LogP) is 0.607. The molecule has 2 rings (SSSR count). The van der Waals surface area contributed by atoms with E-state index in [0.29, 0.717) is 31.1 Å². The summed E-state index contributed by atoms with van der Waals surface area (Å²) in [7, 11) is 0. The molecule has 5 heteroatoms. The van der Waals surface area contributed by atoms with Crippen LogP contribution in [0, 0.1) is 0 Å². The molecule has 0 aromatic carbocycles. The molecule has 2 heterocycles. The zero-order chi connectivity index (χ0) is 9.26. The van der Waals surface area contributed by atoms with Crippen LogP contribution < -0.4 is 10.6 Å². The molecule has 1 saturated heterocycles. The minimum Gasteiger partial charge on any atom is -0.382 e. The fourth-order valence-corrected chi connectivity index (χ4v) is 1.42. The van der Waals surface area contributed by atoms with Crippen molar-refractivity contribution in [3.8, 4) is 0 Å². The summed E-state index contributed by atoms with van der Waals surface area (Å²) < 4.78 is 12.8. The number of anilines is 2. The maximum Gasteiger partial charge on any atom is 0.147 e. The highest BCUT2D eigenvalue weighted by Gasteiger charge is 2.22. The molecule has 1 atom stereocenters. The predicted molar refractivity (Wildman–Crippen MR) is 48.2 cm³/mol. The van der Waals surface area contributed by atoms with Crippen molar-refractivity contribution < 1.29 is 4.39 Å². The first-order valence-electron chi connectivity index (χ1n) is 4.22. The van der Waals surface area contributed by atoms with Crippen LogP contribution in [0.25, 0.3) is 0 Å². The monoisotopic (exact) mass is 182 g/mol. The minimum absolute atomic E-state index is 0.389. The molecule has 2 N–H and O–H groups in total. The summed E-state index contributed by atoms with van der Waals surface area (Å²) in [6.45, 7) is 1.12. The van der Waals surface area contributed by atoms with Gasteiger partial charge in [-0.3, -0.25) is 0 Å². The van der Waals surface area contributed by atoms with Gasteiger partial charge in [0, 0.05) is 6.54 Å². The Labute approximate surface area is 75.6 Å². The summed E-state index contributed by atoms with van der Waals surface area (Å²) in [6, 6.07) is 0. The van der Waals surface area contributed by atoms with E-state index in [1.165, 1.54) is 6.20 Å². The average Bonchev–Trinajstić information content (AvgIpc) is 2.53. The molecular formula is C8H11FN4. The smallest absolute Gasteiger partial charge is 0.147 e. The Kier molecular flexibility index (Phi) is 2.00. The van der Waals surface area contributed by atoms with Crippen molar-refractivity contribution in [1.82, 2.24) is 9.97 Å². The molecule has 1 fully saturated rings. The van der Waals surface area contributed by atoms with E-state index in [1.807, 2.05) is 4.90 Å². The van der Waals surface area contributed by atoms with Gasteiger partial charge in [-0.2, -0.15) is 0 Å². The molecule has 0 amide bonds. The number of nitrogens with two attached hydrogens (primary N) is 1. The van der Waals surface area contributed by atoms with Crippen LogP contribution in [0.4, 0.5) is 16.0 Å². The number of nitrogens with zero attached hydrogens (tertiary/aromatic N) is 3. The zero-order valence-corrected chi connectivity index (χ0v) is 7.15. The van der Waals surface area contributed by atoms with E-state index >= 15 is 0 Å². The van der Waals surface area contributed by atoms with Crippen molar-refractivity contribution in [2.24, 2.45) is 0 Å². The SMILES string of the molecule is Nc1cnc(N2CC[C@H](F)C2)cn1. The van der Waals surface area contributed by atoms with Crippen molar-refractivity contribution >= 4 is 11.6 Å². The molecular weight excluding hydrogens is 171 g/mol. The van der Waals surface area contributed by atoms with Gasteiger partial charge in [0.1, 0.15) is 17.8 Å². The van der Waals surface area contributed by atoms with Gasteiger partial charge in [-0.05, 0) is 6.42 Å². The summed E-state index contributed by atoms with van der Waals surface area (Å²) in [6.07, 6.45) is 2.90. The number of hydrogen-bond acceptors (Lipinski definition) is 4. The second-order valence-electron chi connectivity index (χ2n) is 3.13. The van der Waals surface area contributed by atoms with Crippen molar-refractivity contribution in [2.45, 2.75) is 12.6 Å². The van der Waals surface area contributed by atoms with Crippen LogP contribution in [0.1, 0.15) is 6.42 Å². The lowest BCUT2D eigenvalue weighted by Gasteiger charge is -2.14. The highest BCUT2D eigenvalue weighted by molar-refractivity contribution is 5.40. The highest BCUT2D eigenvalue weighted by atomic mass is 19.1. The normalized spacial score (nSPS) is 22.2. The van der Waals surface area contributed by atoms with Gasteiger partial charge in [0.25, 0.3) is 0 Å². The second-order valence-corrected chi connectivity index (χ2v) is 3.13. The van der Waals surface area contributed by atoms with Gasteiger partial charge in [-0.15, -0.1) is 0 Å². The molecule has 4 nitrogen and oxygen atoms in total. The lowest BCUT2D eigenvalue weighted by Crippen LogP contribution is -2.21. The van der Waals surface area contributed by atoms with Crippen molar-refractivity contribution in [3.63, 3.8) is 0 Å². The third-order valence-corrected chi connectivity index (χ3v) is 2.11. The van der Waals surface area contributed by atoms with E-state index in [4.69, 9.17) is 5.73 Å². The third-order valence-electron chi connectivity index (χ3n) is 2.11. The second kappa shape index (κ2) is 3.16. The van der Waals surface area contributed by atoms with E-state index in [1.54, 1.807) is 6.20 Å². The maximum atomic E-state index is 12.8. The summed E-state index contributed by atoms with van der Waals surface area (Å²) >= 11 is 0. The van der Waals surface area contributed by atoms with Crippen LogP contribution in [0.5, 0.6) is 0 Å². The van der Waals surface area contributed by atoms with E-state index in [2.05, 4.69) is 9.97 Å². The first kappa shape index (κ1) is 8.22. The van der Waals surface area contributed by atoms with Crippen LogP contribution in [-0.4, -0.2) is 29.2 Å². The first-order valence-corrected chi connectivity index (χ1v) is 4.22. The molecule has 0 spiro atoms. The molecule has 1 aromatic rings. The van der Waals surface area contributed by atoms with Gasteiger partial charge in [0.15, 0.2) is 0 Å². The van der Waals surface area contributed by atoms with Crippen LogP contribution >= 0.6 is 0 Å². The Balaban J connectivity index is 2.13. The Hall–Kier alpha value is -1.39. The number of aromatic nitrogens is 2. The Morgan fingerprint density at radius 3 is 2.85 bits per heavy atom. The maximum absolute atomic E-state index is 12.8. The molecule has 70 valence electrons. The molecule has 0 unspecified atom stereocenters. The Bertz CT molecular complexity index is 287. The van der Waals surface area contributed by atoms with Gasteiger partial charge in [0.2, 0.25) is 0 Å². The number of rotatable bonds is 1. The van der Waals surface area contributed by atoms with Gasteiger partial charge in [-0.25, -0.2) is 14.4 Å². The van der Waals surface area contributed by atoms with Gasteiger partial charge in [-0.1, -0.05) is 0 Å². The summed E-state index contributed by atoms with van der Waals surface area (Å²) in [5, 5.41) is 0. The molecule has 13 heavy (non-hydrogen) atoms. The molecule has 0 bridgehead atoms. The topological polar surface area (TPSA) is 55.0 Å². The fraction of sp³-hybridized carbons (Fsp3) is 0.500. The van der Waals surface area contributed by atoms with Crippen LogP contribution in [-0.2, 0) is 0 Å². The summed E-state index contributed by atoms with van der Waals surface area (Å²) in [5.41, 5.74) is 5.39. The lowest BCUT2D eigenvalue weighted by molar-refractivity contribution is 0.364. The third kappa shape index (κ3) is 1.68. The number of halogens is 1. The van der Waals surface area contributed by atoms with Gasteiger partial charge in [0.05, 0.1) is 18.9 Å². The number of alkyl halides is 1. The Morgan fingerprint density at radius 2 is 2.31 bits per heavy atom. The van der Waals surface area contributed by atoms with Gasteiger partial charge >= 0.3 is 0 Å². The summed E-state index contributed by atoms with van der Waals surface area (Å²) in [5.74, 6) is 1.09. The molecule has 1 aromatic heterocycles. The quantitative estimate of drug-likeness (QED) is 0.691. The Morgan fingerprint density at radius 1 is 1.46 bits per heavy atom. The molecule has 0 saturated carbocycles. The molecule has 0 radical (unpaired) electrons. The molecule has 1 aliphatic rings. The molecule has 1 aliphatic heterocycles. The first-order chi connectivity index (χ1) is 6.25. The summed E-state index contributed by atoms with van der Waals surface area (Å²) in [4.78, 5) is 9.84. The zero-order valence-electron chi connectivity index (χ0n) is 7.15. The van der Waals surface area contributed by atoms with E-state index in [0.717, 1.165) is 0 Å². The van der Waals surface area contributed by atoms with E-state index < -0.39 is 6.17 Å². The molecule has 0 aliphatic carbocycles. The highest BCUT2D eigenvalue weighted by Crippen LogP contribution is 2.18. The largest absolute Gasteiger partial charge is 0.382 e. The van der Waals surface area contributed by atoms with Crippen LogP contribution in [0.3, 0.4) is 0 Å². The van der Waals surface area contributed by atoms with Crippen molar-refractivity contribution in [2.75, 3.05) is 23.7 Å². The van der Waals surface area contributed by atoms with Gasteiger partial charge < -0.3 is 10.6 Å². The van der Waals surface area contributed by atoms with Crippen LogP contribution in [0.2, 0.25) is 0 Å². The average molecular weight is 182 g/mol. The standard InChI is InChI=1S/C8H11FN4/c9-6-1-2-13(5-6)8-4-11-7(10)3-12-8/h3-4,6H,1-2,5H2,(H2,10,11)/t6-/m0/s1. The minimum atomic E-state index is -0.737. The van der Waals surface area contributed by atoms with Crippen molar-refractivity contribution in [3.05, 3.63) is 12.4 Å².